The fourth-order valence-corrected chi connectivity index (χ4v) is 3.54. The highest BCUT2D eigenvalue weighted by Crippen LogP contribution is 2.32. The van der Waals surface area contributed by atoms with Gasteiger partial charge in [-0.3, -0.25) is 4.79 Å². The van der Waals surface area contributed by atoms with Crippen LogP contribution < -0.4 is 14.8 Å². The predicted octanol–water partition coefficient (Wildman–Crippen LogP) is 7.03. The molecule has 0 aliphatic rings. The van der Waals surface area contributed by atoms with Crippen molar-refractivity contribution in [3.05, 3.63) is 89.5 Å². The number of carbonyl (C=O) groups excluding carboxylic acids is 1. The molecule has 1 amide bonds. The molecule has 0 aliphatic carbocycles. The minimum atomic E-state index is -0.109. The van der Waals surface area contributed by atoms with E-state index in [1.807, 2.05) is 42.5 Å². The molecule has 0 fully saturated rings. The van der Waals surface area contributed by atoms with E-state index in [1.54, 1.807) is 12.1 Å². The van der Waals surface area contributed by atoms with Gasteiger partial charge >= 0.3 is 0 Å². The number of rotatable bonds is 10. The molecule has 3 aromatic carbocycles. The molecule has 3 rings (SSSR count). The van der Waals surface area contributed by atoms with Crippen molar-refractivity contribution in [1.29, 1.82) is 0 Å². The molecule has 168 valence electrons. The standard InChI is InChI=1S/C28H33NO3/c1-20(2)25-12-8-13-26(21(3)4)27(25)29-28(30)22-14-16-24(17-15-22)32-19-9-18-31-23-10-6-5-7-11-23/h5-8,10-17,20-21H,9,18-19H2,1-4H3,(H,29,30). The van der Waals surface area contributed by atoms with Crippen molar-refractivity contribution in [3.63, 3.8) is 0 Å². The summed E-state index contributed by atoms with van der Waals surface area (Å²) in [6, 6.07) is 23.3. The number of hydrogen-bond acceptors (Lipinski definition) is 3. The first-order valence-electron chi connectivity index (χ1n) is 11.3. The maximum absolute atomic E-state index is 12.9. The molecule has 0 aromatic heterocycles. The Morgan fingerprint density at radius 2 is 1.25 bits per heavy atom. The number of nitrogens with one attached hydrogen (secondary N) is 1. The van der Waals surface area contributed by atoms with Gasteiger partial charge in [-0.1, -0.05) is 64.1 Å². The van der Waals surface area contributed by atoms with Crippen LogP contribution in [0.2, 0.25) is 0 Å². The number of anilines is 1. The summed E-state index contributed by atoms with van der Waals surface area (Å²) in [4.78, 5) is 12.9. The second-order valence-electron chi connectivity index (χ2n) is 8.46. The Balaban J connectivity index is 1.55. The summed E-state index contributed by atoms with van der Waals surface area (Å²) in [7, 11) is 0. The number of benzene rings is 3. The normalized spacial score (nSPS) is 10.9. The van der Waals surface area contributed by atoms with Gasteiger partial charge in [0.25, 0.3) is 5.91 Å². The first-order chi connectivity index (χ1) is 15.5. The van der Waals surface area contributed by atoms with Crippen molar-refractivity contribution < 1.29 is 14.3 Å². The van der Waals surface area contributed by atoms with E-state index in [0.29, 0.717) is 30.6 Å². The highest BCUT2D eigenvalue weighted by atomic mass is 16.5. The van der Waals surface area contributed by atoms with Gasteiger partial charge in [0, 0.05) is 17.7 Å². The first-order valence-corrected chi connectivity index (χ1v) is 11.3. The molecule has 3 aromatic rings. The summed E-state index contributed by atoms with van der Waals surface area (Å²) >= 11 is 0. The quantitative estimate of drug-likeness (QED) is 0.350. The third-order valence-corrected chi connectivity index (χ3v) is 5.30. The lowest BCUT2D eigenvalue weighted by atomic mass is 9.92. The molecule has 0 unspecified atom stereocenters. The molecule has 0 spiro atoms. The third-order valence-electron chi connectivity index (χ3n) is 5.30. The summed E-state index contributed by atoms with van der Waals surface area (Å²) in [6.45, 7) is 9.73. The van der Waals surface area contributed by atoms with Crippen LogP contribution in [0.5, 0.6) is 11.5 Å². The largest absolute Gasteiger partial charge is 0.493 e. The first kappa shape index (κ1) is 23.4. The van der Waals surface area contributed by atoms with Crippen LogP contribution >= 0.6 is 0 Å². The van der Waals surface area contributed by atoms with Crippen molar-refractivity contribution in [1.82, 2.24) is 0 Å². The topological polar surface area (TPSA) is 47.6 Å². The van der Waals surface area contributed by atoms with Crippen molar-refractivity contribution >= 4 is 11.6 Å². The molecule has 0 bridgehead atoms. The molecule has 4 heteroatoms. The van der Waals surface area contributed by atoms with Gasteiger partial charge in [0.1, 0.15) is 11.5 Å². The Morgan fingerprint density at radius 1 is 0.719 bits per heavy atom. The molecule has 0 saturated heterocycles. The average Bonchev–Trinajstić information content (AvgIpc) is 2.79. The highest BCUT2D eigenvalue weighted by Gasteiger charge is 2.16. The molecule has 0 aliphatic heterocycles. The van der Waals surface area contributed by atoms with Crippen LogP contribution in [0.1, 0.15) is 67.4 Å². The van der Waals surface area contributed by atoms with E-state index >= 15 is 0 Å². The predicted molar refractivity (Wildman–Crippen MR) is 131 cm³/mol. The van der Waals surface area contributed by atoms with Gasteiger partial charge in [0.15, 0.2) is 0 Å². The maximum Gasteiger partial charge on any atom is 0.255 e. The molecule has 32 heavy (non-hydrogen) atoms. The van der Waals surface area contributed by atoms with Gasteiger partial charge in [-0.2, -0.15) is 0 Å². The molecular formula is C28H33NO3. The van der Waals surface area contributed by atoms with Crippen LogP contribution in [-0.2, 0) is 0 Å². The van der Waals surface area contributed by atoms with E-state index < -0.39 is 0 Å². The molecule has 1 N–H and O–H groups in total. The average molecular weight is 432 g/mol. The van der Waals surface area contributed by atoms with Crippen molar-refractivity contribution in [3.8, 4) is 11.5 Å². The number of carbonyl (C=O) groups is 1. The van der Waals surface area contributed by atoms with Crippen LogP contribution in [0.25, 0.3) is 0 Å². The molecule has 0 atom stereocenters. The minimum absolute atomic E-state index is 0.109. The second-order valence-corrected chi connectivity index (χ2v) is 8.46. The summed E-state index contributed by atoms with van der Waals surface area (Å²) in [5.41, 5.74) is 3.85. The van der Waals surface area contributed by atoms with E-state index in [4.69, 9.17) is 9.47 Å². The van der Waals surface area contributed by atoms with Gasteiger partial charge in [0.05, 0.1) is 13.2 Å². The van der Waals surface area contributed by atoms with E-state index in [1.165, 1.54) is 0 Å². The van der Waals surface area contributed by atoms with E-state index in [9.17, 15) is 4.79 Å². The van der Waals surface area contributed by atoms with E-state index in [-0.39, 0.29) is 5.91 Å². The van der Waals surface area contributed by atoms with E-state index in [2.05, 4.69) is 51.2 Å². The SMILES string of the molecule is CC(C)c1cccc(C(C)C)c1NC(=O)c1ccc(OCCCOc2ccccc2)cc1. The highest BCUT2D eigenvalue weighted by molar-refractivity contribution is 6.05. The molecule has 0 saturated carbocycles. The molecular weight excluding hydrogens is 398 g/mol. The fourth-order valence-electron chi connectivity index (χ4n) is 3.54. The van der Waals surface area contributed by atoms with Crippen LogP contribution in [0, 0.1) is 0 Å². The molecule has 0 heterocycles. The molecule has 0 radical (unpaired) electrons. The zero-order valence-corrected chi connectivity index (χ0v) is 19.4. The summed E-state index contributed by atoms with van der Waals surface area (Å²) in [6.07, 6.45) is 0.779. The minimum Gasteiger partial charge on any atom is -0.493 e. The zero-order chi connectivity index (χ0) is 22.9. The van der Waals surface area contributed by atoms with Gasteiger partial charge < -0.3 is 14.8 Å². The number of hydrogen-bond donors (Lipinski definition) is 1. The summed E-state index contributed by atoms with van der Waals surface area (Å²) in [5.74, 6) is 2.15. The van der Waals surface area contributed by atoms with Crippen molar-refractivity contribution in [2.75, 3.05) is 18.5 Å². The van der Waals surface area contributed by atoms with Crippen LogP contribution in [-0.4, -0.2) is 19.1 Å². The van der Waals surface area contributed by atoms with Crippen molar-refractivity contribution in [2.24, 2.45) is 0 Å². The summed E-state index contributed by atoms with van der Waals surface area (Å²) < 4.78 is 11.5. The monoisotopic (exact) mass is 431 g/mol. The summed E-state index contributed by atoms with van der Waals surface area (Å²) in [5, 5.41) is 3.16. The Morgan fingerprint density at radius 3 is 1.78 bits per heavy atom. The second kappa shape index (κ2) is 11.4. The van der Waals surface area contributed by atoms with Gasteiger partial charge in [-0.15, -0.1) is 0 Å². The maximum atomic E-state index is 12.9. The van der Waals surface area contributed by atoms with E-state index in [0.717, 1.165) is 34.7 Å². The third kappa shape index (κ3) is 6.36. The van der Waals surface area contributed by atoms with Gasteiger partial charge in [0.2, 0.25) is 0 Å². The van der Waals surface area contributed by atoms with Gasteiger partial charge in [-0.05, 0) is 59.4 Å². The Hall–Kier alpha value is -3.27. The number of amides is 1. The zero-order valence-electron chi connectivity index (χ0n) is 19.4. The Bertz CT molecular complexity index is 969. The van der Waals surface area contributed by atoms with Crippen LogP contribution in [0.3, 0.4) is 0 Å². The number of ether oxygens (including phenoxy) is 2. The lowest BCUT2D eigenvalue weighted by Crippen LogP contribution is -2.16. The smallest absolute Gasteiger partial charge is 0.255 e. The Labute approximate surface area is 191 Å². The van der Waals surface area contributed by atoms with Crippen LogP contribution in [0.15, 0.2) is 72.8 Å². The molecule has 4 nitrogen and oxygen atoms in total. The van der Waals surface area contributed by atoms with Crippen molar-refractivity contribution in [2.45, 2.75) is 46.0 Å². The van der Waals surface area contributed by atoms with Crippen LogP contribution in [0.4, 0.5) is 5.69 Å². The fraction of sp³-hybridized carbons (Fsp3) is 0.321. The lowest BCUT2D eigenvalue weighted by molar-refractivity contribution is 0.102. The van der Waals surface area contributed by atoms with Gasteiger partial charge in [-0.25, -0.2) is 0 Å². The number of para-hydroxylation sites is 2. The lowest BCUT2D eigenvalue weighted by Gasteiger charge is -2.20. The Kier molecular flexibility index (Phi) is 8.32.